The lowest BCUT2D eigenvalue weighted by Crippen LogP contribution is -2.15. The smallest absolute Gasteiger partial charge is 0.354 e. The molecule has 1 N–H and O–H groups in total. The number of aromatic carboxylic acids is 1. The van der Waals surface area contributed by atoms with Gasteiger partial charge in [0.1, 0.15) is 11.4 Å². The molecule has 156 valence electrons. The molecule has 0 bridgehead atoms. The van der Waals surface area contributed by atoms with Crippen LogP contribution in [-0.4, -0.2) is 48.2 Å². The number of benzene rings is 2. The van der Waals surface area contributed by atoms with Crippen LogP contribution >= 0.6 is 23.2 Å². The molecule has 1 heterocycles. The van der Waals surface area contributed by atoms with E-state index >= 15 is 0 Å². The number of nitrogens with zero attached hydrogens (tertiary/aromatic N) is 2. The summed E-state index contributed by atoms with van der Waals surface area (Å²) in [4.78, 5) is 18.0. The van der Waals surface area contributed by atoms with E-state index in [1.807, 2.05) is 32.3 Å². The van der Waals surface area contributed by atoms with Crippen molar-refractivity contribution in [1.29, 1.82) is 0 Å². The minimum absolute atomic E-state index is 0.0517. The molecular formula is C23H22Cl2N2O3. The predicted molar refractivity (Wildman–Crippen MR) is 121 cm³/mol. The third-order valence-corrected chi connectivity index (χ3v) is 5.13. The van der Waals surface area contributed by atoms with Crippen LogP contribution in [0, 0.1) is 0 Å². The number of rotatable bonds is 8. The van der Waals surface area contributed by atoms with Crippen LogP contribution in [0.1, 0.15) is 16.9 Å². The van der Waals surface area contributed by atoms with Gasteiger partial charge in [-0.15, -0.1) is 0 Å². The van der Waals surface area contributed by atoms with Crippen molar-refractivity contribution in [2.24, 2.45) is 0 Å². The number of aromatic nitrogens is 1. The number of halogens is 2. The molecule has 0 amide bonds. The zero-order chi connectivity index (χ0) is 21.7. The van der Waals surface area contributed by atoms with E-state index in [4.69, 9.17) is 27.9 Å². The molecule has 2 aromatic carbocycles. The number of hydrogen-bond donors (Lipinski definition) is 1. The van der Waals surface area contributed by atoms with Crippen LogP contribution < -0.4 is 4.74 Å². The Labute approximate surface area is 185 Å². The minimum atomic E-state index is -1.10. The van der Waals surface area contributed by atoms with E-state index in [2.05, 4.69) is 9.88 Å². The van der Waals surface area contributed by atoms with Gasteiger partial charge in [-0.05, 0) is 50.8 Å². The Morgan fingerprint density at radius 1 is 1.03 bits per heavy atom. The SMILES string of the molecule is CN(C)CCCOc1cc(-c2nc(C(=O)O)ccc2-c2ccccc2Cl)ccc1Cl. The minimum Gasteiger partial charge on any atom is -0.492 e. The number of ether oxygens (including phenoxy) is 1. The van der Waals surface area contributed by atoms with E-state index in [-0.39, 0.29) is 5.69 Å². The van der Waals surface area contributed by atoms with Crippen molar-refractivity contribution >= 4 is 29.2 Å². The molecular weight excluding hydrogens is 423 g/mol. The first-order valence-corrected chi connectivity index (χ1v) is 10.2. The molecule has 0 radical (unpaired) electrons. The molecule has 5 nitrogen and oxygen atoms in total. The topological polar surface area (TPSA) is 62.7 Å². The molecule has 3 rings (SSSR count). The van der Waals surface area contributed by atoms with Gasteiger partial charge in [0, 0.05) is 28.3 Å². The number of hydrogen-bond acceptors (Lipinski definition) is 4. The predicted octanol–water partition coefficient (Wildman–Crippen LogP) is 5.75. The van der Waals surface area contributed by atoms with Crippen molar-refractivity contribution in [1.82, 2.24) is 9.88 Å². The van der Waals surface area contributed by atoms with E-state index in [1.54, 1.807) is 30.3 Å². The summed E-state index contributed by atoms with van der Waals surface area (Å²) < 4.78 is 5.87. The highest BCUT2D eigenvalue weighted by Crippen LogP contribution is 2.37. The Balaban J connectivity index is 2.03. The van der Waals surface area contributed by atoms with Crippen molar-refractivity contribution < 1.29 is 14.6 Å². The molecule has 0 saturated heterocycles. The second-order valence-electron chi connectivity index (χ2n) is 7.03. The second-order valence-corrected chi connectivity index (χ2v) is 7.84. The largest absolute Gasteiger partial charge is 0.492 e. The van der Waals surface area contributed by atoms with Crippen molar-refractivity contribution in [3.8, 4) is 28.1 Å². The summed E-state index contributed by atoms with van der Waals surface area (Å²) >= 11 is 12.7. The molecule has 0 fully saturated rings. The van der Waals surface area contributed by atoms with Gasteiger partial charge in [0.25, 0.3) is 0 Å². The standard InChI is InChI=1S/C23H22Cl2N2O3/c1-27(2)12-5-13-30-21-14-15(8-10-19(21)25)22-17(9-11-20(26-22)23(28)29)16-6-3-4-7-18(16)24/h3-4,6-11,14H,5,12-13H2,1-2H3,(H,28,29). The normalized spacial score (nSPS) is 11.0. The summed E-state index contributed by atoms with van der Waals surface area (Å²) in [5.74, 6) is -0.573. The average Bonchev–Trinajstić information content (AvgIpc) is 2.72. The molecule has 7 heteroatoms. The highest BCUT2D eigenvalue weighted by molar-refractivity contribution is 6.33. The Bertz CT molecular complexity index is 1050. The fraction of sp³-hybridized carbons (Fsp3) is 0.217. The van der Waals surface area contributed by atoms with Gasteiger partial charge < -0.3 is 14.7 Å². The lowest BCUT2D eigenvalue weighted by atomic mass is 9.98. The lowest BCUT2D eigenvalue weighted by molar-refractivity contribution is 0.0690. The average molecular weight is 445 g/mol. The first-order valence-electron chi connectivity index (χ1n) is 9.43. The molecule has 0 unspecified atom stereocenters. The van der Waals surface area contributed by atoms with Gasteiger partial charge in [0.2, 0.25) is 0 Å². The van der Waals surface area contributed by atoms with E-state index in [0.717, 1.165) is 24.1 Å². The van der Waals surface area contributed by atoms with Crippen molar-refractivity contribution in [2.45, 2.75) is 6.42 Å². The van der Waals surface area contributed by atoms with Crippen LogP contribution in [0.15, 0.2) is 54.6 Å². The fourth-order valence-electron chi connectivity index (χ4n) is 3.02. The monoisotopic (exact) mass is 444 g/mol. The van der Waals surface area contributed by atoms with Gasteiger partial charge >= 0.3 is 5.97 Å². The fourth-order valence-corrected chi connectivity index (χ4v) is 3.43. The maximum atomic E-state index is 11.5. The zero-order valence-electron chi connectivity index (χ0n) is 16.7. The Morgan fingerprint density at radius 2 is 1.80 bits per heavy atom. The first kappa shape index (κ1) is 22.1. The quantitative estimate of drug-likeness (QED) is 0.448. The van der Waals surface area contributed by atoms with Crippen LogP contribution in [0.4, 0.5) is 0 Å². The van der Waals surface area contributed by atoms with Gasteiger partial charge in [0.05, 0.1) is 17.3 Å². The highest BCUT2D eigenvalue weighted by Gasteiger charge is 2.17. The maximum absolute atomic E-state index is 11.5. The molecule has 30 heavy (non-hydrogen) atoms. The summed E-state index contributed by atoms with van der Waals surface area (Å²) in [5, 5.41) is 10.5. The highest BCUT2D eigenvalue weighted by atomic mass is 35.5. The molecule has 0 saturated carbocycles. The van der Waals surface area contributed by atoms with Crippen LogP contribution in [0.3, 0.4) is 0 Å². The summed E-state index contributed by atoms with van der Waals surface area (Å²) in [7, 11) is 4.01. The van der Waals surface area contributed by atoms with Crippen LogP contribution in [0.25, 0.3) is 22.4 Å². The number of pyridine rings is 1. The molecule has 0 spiro atoms. The first-order chi connectivity index (χ1) is 14.4. The number of carbonyl (C=O) groups is 1. The van der Waals surface area contributed by atoms with Crippen molar-refractivity contribution in [3.05, 3.63) is 70.3 Å². The Morgan fingerprint density at radius 3 is 2.50 bits per heavy atom. The third-order valence-electron chi connectivity index (χ3n) is 4.49. The maximum Gasteiger partial charge on any atom is 0.354 e. The van der Waals surface area contributed by atoms with E-state index in [9.17, 15) is 9.90 Å². The van der Waals surface area contributed by atoms with Gasteiger partial charge in [0.15, 0.2) is 0 Å². The van der Waals surface area contributed by atoms with Crippen LogP contribution in [0.5, 0.6) is 5.75 Å². The summed E-state index contributed by atoms with van der Waals surface area (Å²) in [6.45, 7) is 1.41. The van der Waals surface area contributed by atoms with Crippen molar-refractivity contribution in [2.75, 3.05) is 27.2 Å². The molecule has 0 aliphatic carbocycles. The van der Waals surface area contributed by atoms with Crippen LogP contribution in [-0.2, 0) is 0 Å². The molecule has 0 aliphatic rings. The van der Waals surface area contributed by atoms with E-state index < -0.39 is 5.97 Å². The summed E-state index contributed by atoms with van der Waals surface area (Å²) in [5.41, 5.74) is 2.63. The molecule has 0 aliphatic heterocycles. The zero-order valence-corrected chi connectivity index (χ0v) is 18.2. The molecule has 1 aromatic heterocycles. The van der Waals surface area contributed by atoms with Gasteiger partial charge in [-0.1, -0.05) is 47.5 Å². The summed E-state index contributed by atoms with van der Waals surface area (Å²) in [6.07, 6.45) is 0.852. The van der Waals surface area contributed by atoms with E-state index in [1.165, 1.54) is 6.07 Å². The number of carboxylic acids is 1. The molecule has 3 aromatic rings. The molecule has 0 atom stereocenters. The lowest BCUT2D eigenvalue weighted by Gasteiger charge is -2.14. The van der Waals surface area contributed by atoms with Gasteiger partial charge in [-0.25, -0.2) is 9.78 Å². The third kappa shape index (κ3) is 5.30. The Kier molecular flexibility index (Phi) is 7.32. The number of carboxylic acid groups (broad SMARTS) is 1. The van der Waals surface area contributed by atoms with Gasteiger partial charge in [-0.3, -0.25) is 0 Å². The summed E-state index contributed by atoms with van der Waals surface area (Å²) in [6, 6.07) is 15.9. The Hall–Kier alpha value is -2.60. The van der Waals surface area contributed by atoms with Crippen LogP contribution in [0.2, 0.25) is 10.0 Å². The van der Waals surface area contributed by atoms with E-state index in [0.29, 0.717) is 33.7 Å². The van der Waals surface area contributed by atoms with Crippen molar-refractivity contribution in [3.63, 3.8) is 0 Å². The van der Waals surface area contributed by atoms with Gasteiger partial charge in [-0.2, -0.15) is 0 Å². The second kappa shape index (κ2) is 9.94.